The van der Waals surface area contributed by atoms with Crippen LogP contribution < -0.4 is 11.1 Å². The van der Waals surface area contributed by atoms with E-state index in [1.54, 1.807) is 4.90 Å². The molecule has 19 heavy (non-hydrogen) atoms. The van der Waals surface area contributed by atoms with Crippen molar-refractivity contribution in [2.45, 2.75) is 24.4 Å². The Hall–Kier alpha value is -1.34. The van der Waals surface area contributed by atoms with Gasteiger partial charge in [0.2, 0.25) is 5.91 Å². The van der Waals surface area contributed by atoms with E-state index in [2.05, 4.69) is 5.32 Å². The maximum Gasteiger partial charge on any atom is 0.317 e. The van der Waals surface area contributed by atoms with Crippen molar-refractivity contribution in [2.24, 2.45) is 5.73 Å². The van der Waals surface area contributed by atoms with Crippen molar-refractivity contribution >= 4 is 11.9 Å². The van der Waals surface area contributed by atoms with Crippen molar-refractivity contribution in [1.82, 2.24) is 15.1 Å². The number of urea groups is 1. The van der Waals surface area contributed by atoms with E-state index in [1.807, 2.05) is 4.90 Å². The molecule has 7 heteroatoms. The minimum absolute atomic E-state index is 0.00907. The molecule has 0 aliphatic carbocycles. The third-order valence-corrected chi connectivity index (χ3v) is 4.33. The van der Waals surface area contributed by atoms with Gasteiger partial charge in [-0.05, 0) is 12.8 Å². The molecular formula is C12H20N4O3. The summed E-state index contributed by atoms with van der Waals surface area (Å²) in [6.45, 7) is 3.45. The van der Waals surface area contributed by atoms with Crippen molar-refractivity contribution < 1.29 is 14.3 Å². The van der Waals surface area contributed by atoms with Gasteiger partial charge in [-0.2, -0.15) is 0 Å². The summed E-state index contributed by atoms with van der Waals surface area (Å²) in [6.07, 6.45) is 1.15. The van der Waals surface area contributed by atoms with Crippen LogP contribution in [0.5, 0.6) is 0 Å². The number of carbonyl (C=O) groups is 2. The summed E-state index contributed by atoms with van der Waals surface area (Å²) in [5, 5.41) is 2.81. The highest BCUT2D eigenvalue weighted by Gasteiger charge is 2.43. The van der Waals surface area contributed by atoms with Gasteiger partial charge < -0.3 is 25.6 Å². The van der Waals surface area contributed by atoms with E-state index in [-0.39, 0.29) is 18.0 Å². The first kappa shape index (κ1) is 12.7. The van der Waals surface area contributed by atoms with Crippen molar-refractivity contribution in [2.75, 3.05) is 39.4 Å². The average molecular weight is 268 g/mol. The van der Waals surface area contributed by atoms with E-state index in [4.69, 9.17) is 10.5 Å². The number of hydrogen-bond donors (Lipinski definition) is 2. The number of amides is 3. The van der Waals surface area contributed by atoms with Gasteiger partial charge in [-0.25, -0.2) is 4.79 Å². The summed E-state index contributed by atoms with van der Waals surface area (Å²) in [4.78, 5) is 27.7. The lowest BCUT2D eigenvalue weighted by molar-refractivity contribution is -0.142. The van der Waals surface area contributed by atoms with Gasteiger partial charge in [-0.15, -0.1) is 0 Å². The molecule has 3 heterocycles. The molecule has 0 saturated carbocycles. The quantitative estimate of drug-likeness (QED) is 0.621. The number of nitrogens with two attached hydrogens (primary N) is 1. The molecule has 7 nitrogen and oxygen atoms in total. The highest BCUT2D eigenvalue weighted by molar-refractivity contribution is 5.87. The number of hydrogen-bond acceptors (Lipinski definition) is 4. The first-order valence-corrected chi connectivity index (χ1v) is 6.81. The number of piperazine rings is 1. The van der Waals surface area contributed by atoms with Crippen LogP contribution in [0, 0.1) is 0 Å². The van der Waals surface area contributed by atoms with Crippen molar-refractivity contribution in [1.29, 1.82) is 0 Å². The minimum Gasteiger partial charge on any atom is -0.381 e. The first-order valence-electron chi connectivity index (χ1n) is 6.81. The van der Waals surface area contributed by atoms with E-state index in [0.29, 0.717) is 52.2 Å². The van der Waals surface area contributed by atoms with Crippen molar-refractivity contribution in [3.05, 3.63) is 0 Å². The predicted octanol–water partition coefficient (Wildman–Crippen LogP) is -1.27. The fourth-order valence-corrected chi connectivity index (χ4v) is 3.05. The van der Waals surface area contributed by atoms with Crippen LogP contribution in [0.1, 0.15) is 12.8 Å². The SMILES string of the molecule is NC1(C(=O)N2CCN3C(=O)NCC3C2)CCOCC1. The van der Waals surface area contributed by atoms with Crippen LogP contribution >= 0.6 is 0 Å². The number of rotatable bonds is 1. The molecule has 0 radical (unpaired) electrons. The lowest BCUT2D eigenvalue weighted by atomic mass is 9.89. The molecule has 3 rings (SSSR count). The molecule has 1 atom stereocenters. The van der Waals surface area contributed by atoms with Crippen LogP contribution in [0.25, 0.3) is 0 Å². The monoisotopic (exact) mass is 268 g/mol. The van der Waals surface area contributed by atoms with Crippen LogP contribution in [0.3, 0.4) is 0 Å². The number of fused-ring (bicyclic) bond motifs is 1. The molecule has 3 amide bonds. The molecular weight excluding hydrogens is 248 g/mol. The summed E-state index contributed by atoms with van der Waals surface area (Å²) in [6, 6.07) is 0.0688. The van der Waals surface area contributed by atoms with Crippen LogP contribution in [0.4, 0.5) is 4.79 Å². The lowest BCUT2D eigenvalue weighted by Crippen LogP contribution is -2.63. The maximum absolute atomic E-state index is 12.6. The number of nitrogens with one attached hydrogen (secondary N) is 1. The molecule has 0 bridgehead atoms. The summed E-state index contributed by atoms with van der Waals surface area (Å²) >= 11 is 0. The van der Waals surface area contributed by atoms with E-state index >= 15 is 0 Å². The lowest BCUT2D eigenvalue weighted by Gasteiger charge is -2.42. The summed E-state index contributed by atoms with van der Waals surface area (Å²) in [5.74, 6) is 0.00907. The molecule has 1 unspecified atom stereocenters. The van der Waals surface area contributed by atoms with E-state index in [0.717, 1.165) is 0 Å². The normalized spacial score (nSPS) is 29.9. The fourth-order valence-electron chi connectivity index (χ4n) is 3.05. The number of carbonyl (C=O) groups excluding carboxylic acids is 2. The number of ether oxygens (including phenoxy) is 1. The van der Waals surface area contributed by atoms with Crippen LogP contribution in [-0.2, 0) is 9.53 Å². The Morgan fingerprint density at radius 3 is 2.84 bits per heavy atom. The Bertz CT molecular complexity index is 394. The molecule has 0 spiro atoms. The Kier molecular flexibility index (Phi) is 3.10. The molecule has 0 aromatic heterocycles. The molecule has 3 fully saturated rings. The number of nitrogens with zero attached hydrogens (tertiary/aromatic N) is 2. The molecule has 3 aliphatic heterocycles. The van der Waals surface area contributed by atoms with Gasteiger partial charge in [0.15, 0.2) is 0 Å². The Balaban J connectivity index is 1.66. The first-order chi connectivity index (χ1) is 9.10. The minimum atomic E-state index is -0.781. The largest absolute Gasteiger partial charge is 0.381 e. The Morgan fingerprint density at radius 1 is 1.37 bits per heavy atom. The summed E-state index contributed by atoms with van der Waals surface area (Å²) in [7, 11) is 0. The van der Waals surface area contributed by atoms with Crippen molar-refractivity contribution in [3.63, 3.8) is 0 Å². The predicted molar refractivity (Wildman–Crippen MR) is 67.4 cm³/mol. The zero-order valence-electron chi connectivity index (χ0n) is 10.9. The van der Waals surface area contributed by atoms with Gasteiger partial charge in [-0.1, -0.05) is 0 Å². The molecule has 3 saturated heterocycles. The average Bonchev–Trinajstić information content (AvgIpc) is 2.80. The van der Waals surface area contributed by atoms with E-state index in [9.17, 15) is 9.59 Å². The zero-order valence-corrected chi connectivity index (χ0v) is 10.9. The maximum atomic E-state index is 12.6. The van der Waals surface area contributed by atoms with Crippen molar-refractivity contribution in [3.8, 4) is 0 Å². The van der Waals surface area contributed by atoms with Crippen LogP contribution in [0.15, 0.2) is 0 Å². The Morgan fingerprint density at radius 2 is 2.11 bits per heavy atom. The molecule has 3 N–H and O–H groups in total. The van der Waals surface area contributed by atoms with E-state index in [1.165, 1.54) is 0 Å². The molecule has 0 aromatic rings. The second-order valence-corrected chi connectivity index (χ2v) is 5.55. The summed E-state index contributed by atoms with van der Waals surface area (Å²) < 4.78 is 5.27. The summed E-state index contributed by atoms with van der Waals surface area (Å²) in [5.41, 5.74) is 5.45. The van der Waals surface area contributed by atoms with Gasteiger partial charge in [-0.3, -0.25) is 4.79 Å². The highest BCUT2D eigenvalue weighted by Crippen LogP contribution is 2.23. The zero-order chi connectivity index (χ0) is 13.5. The van der Waals surface area contributed by atoms with Crippen LogP contribution in [-0.4, -0.2) is 72.7 Å². The standard InChI is InChI=1S/C12H20N4O3/c13-12(1-5-19-6-2-12)10(17)15-3-4-16-9(8-15)7-14-11(16)18/h9H,1-8,13H2,(H,14,18). The highest BCUT2D eigenvalue weighted by atomic mass is 16.5. The van der Waals surface area contributed by atoms with Gasteiger partial charge in [0, 0.05) is 39.4 Å². The third-order valence-electron chi connectivity index (χ3n) is 4.33. The molecule has 0 aromatic carbocycles. The van der Waals surface area contributed by atoms with E-state index < -0.39 is 5.54 Å². The van der Waals surface area contributed by atoms with Gasteiger partial charge in [0.25, 0.3) is 0 Å². The van der Waals surface area contributed by atoms with Gasteiger partial charge in [0.1, 0.15) is 0 Å². The van der Waals surface area contributed by atoms with Crippen LogP contribution in [0.2, 0.25) is 0 Å². The second kappa shape index (κ2) is 4.64. The van der Waals surface area contributed by atoms with Gasteiger partial charge in [0.05, 0.1) is 11.6 Å². The fraction of sp³-hybridized carbons (Fsp3) is 0.833. The third kappa shape index (κ3) is 2.17. The molecule has 3 aliphatic rings. The molecule has 106 valence electrons. The smallest absolute Gasteiger partial charge is 0.317 e. The Labute approximate surface area is 112 Å². The van der Waals surface area contributed by atoms with Gasteiger partial charge >= 0.3 is 6.03 Å². The second-order valence-electron chi connectivity index (χ2n) is 5.55. The topological polar surface area (TPSA) is 87.9 Å².